The summed E-state index contributed by atoms with van der Waals surface area (Å²) in [6, 6.07) is 13.8. The van der Waals surface area contributed by atoms with Crippen LogP contribution in [0.2, 0.25) is 0 Å². The first-order valence-electron chi connectivity index (χ1n) is 7.69. The average Bonchev–Trinajstić information content (AvgIpc) is 2.57. The molecular weight excluding hydrogens is 305 g/mol. The van der Waals surface area contributed by atoms with E-state index >= 15 is 0 Å². The number of hydrogen-bond donors (Lipinski definition) is 1. The predicted molar refractivity (Wildman–Crippen MR) is 92.5 cm³/mol. The molecule has 0 atom stereocenters. The largest absolute Gasteiger partial charge is 0.378 e. The molecule has 1 N–H and O–H groups in total. The lowest BCUT2D eigenvalue weighted by atomic mass is 10.1. The fourth-order valence-corrected chi connectivity index (χ4v) is 2.44. The van der Waals surface area contributed by atoms with E-state index in [0.29, 0.717) is 13.0 Å². The van der Waals surface area contributed by atoms with Crippen LogP contribution < -0.4 is 10.9 Å². The molecule has 3 aromatic rings. The van der Waals surface area contributed by atoms with E-state index < -0.39 is 0 Å². The second kappa shape index (κ2) is 7.08. The number of aryl methyl sites for hydroxylation is 1. The minimum Gasteiger partial charge on any atom is -0.378 e. The van der Waals surface area contributed by atoms with Gasteiger partial charge in [-0.3, -0.25) is 9.78 Å². The van der Waals surface area contributed by atoms with Gasteiger partial charge in [0.05, 0.1) is 17.9 Å². The van der Waals surface area contributed by atoms with Crippen molar-refractivity contribution in [3.05, 3.63) is 93.9 Å². The van der Waals surface area contributed by atoms with Gasteiger partial charge in [0.2, 0.25) is 5.56 Å². The van der Waals surface area contributed by atoms with Crippen molar-refractivity contribution < 1.29 is 4.39 Å². The number of hydrogen-bond acceptors (Lipinski definition) is 3. The highest BCUT2D eigenvalue weighted by molar-refractivity contribution is 5.40. The molecule has 0 saturated carbocycles. The zero-order chi connectivity index (χ0) is 16.9. The fourth-order valence-electron chi connectivity index (χ4n) is 2.44. The number of benzene rings is 1. The van der Waals surface area contributed by atoms with Gasteiger partial charge in [-0.2, -0.15) is 0 Å². The van der Waals surface area contributed by atoms with Crippen molar-refractivity contribution in [1.82, 2.24) is 9.55 Å². The highest BCUT2D eigenvalue weighted by Crippen LogP contribution is 2.11. The van der Waals surface area contributed by atoms with Crippen LogP contribution in [-0.4, -0.2) is 9.55 Å². The Balaban J connectivity index is 1.62. The minimum atomic E-state index is -0.224. The Morgan fingerprint density at radius 1 is 1.12 bits per heavy atom. The van der Waals surface area contributed by atoms with Crippen molar-refractivity contribution in [3.8, 4) is 0 Å². The number of aromatic nitrogens is 2. The fraction of sp³-hybridized carbons (Fsp3) is 0.158. The standard InChI is InChI=1S/C19H18FN3O/c1-23-13-18(7-8-19(23)24)22-12-17-6-5-15(11-21-17)9-14-3-2-4-16(20)10-14/h2-8,10-11,13,22H,9,12H2,1H3. The molecule has 24 heavy (non-hydrogen) atoms. The molecule has 0 aliphatic rings. The number of anilines is 1. The van der Waals surface area contributed by atoms with Crippen molar-refractivity contribution in [3.63, 3.8) is 0 Å². The summed E-state index contributed by atoms with van der Waals surface area (Å²) in [6.07, 6.45) is 4.21. The molecule has 0 radical (unpaired) electrons. The summed E-state index contributed by atoms with van der Waals surface area (Å²) in [5.74, 6) is -0.224. The third-order valence-electron chi connectivity index (χ3n) is 3.74. The molecule has 4 nitrogen and oxygen atoms in total. The quantitative estimate of drug-likeness (QED) is 0.785. The zero-order valence-corrected chi connectivity index (χ0v) is 13.4. The van der Waals surface area contributed by atoms with Crippen molar-refractivity contribution in [1.29, 1.82) is 0 Å². The van der Waals surface area contributed by atoms with Gasteiger partial charge in [-0.1, -0.05) is 18.2 Å². The van der Waals surface area contributed by atoms with E-state index in [2.05, 4.69) is 10.3 Å². The Morgan fingerprint density at radius 3 is 2.71 bits per heavy atom. The number of pyridine rings is 2. The van der Waals surface area contributed by atoms with E-state index in [1.54, 1.807) is 25.4 Å². The number of halogens is 1. The summed E-state index contributed by atoms with van der Waals surface area (Å²) in [4.78, 5) is 15.8. The van der Waals surface area contributed by atoms with Crippen LogP contribution in [-0.2, 0) is 20.0 Å². The van der Waals surface area contributed by atoms with Gasteiger partial charge in [-0.15, -0.1) is 0 Å². The summed E-state index contributed by atoms with van der Waals surface area (Å²) >= 11 is 0. The maximum Gasteiger partial charge on any atom is 0.250 e. The molecule has 0 fully saturated rings. The Labute approximate surface area is 139 Å². The monoisotopic (exact) mass is 323 g/mol. The van der Waals surface area contributed by atoms with Crippen molar-refractivity contribution >= 4 is 5.69 Å². The number of nitrogens with zero attached hydrogens (tertiary/aromatic N) is 2. The summed E-state index contributed by atoms with van der Waals surface area (Å²) < 4.78 is 14.7. The van der Waals surface area contributed by atoms with Crippen LogP contribution in [0.4, 0.5) is 10.1 Å². The van der Waals surface area contributed by atoms with E-state index in [0.717, 1.165) is 22.5 Å². The Bertz CT molecular complexity index is 888. The van der Waals surface area contributed by atoms with Crippen LogP contribution in [0, 0.1) is 5.82 Å². The number of nitrogens with one attached hydrogen (secondary N) is 1. The van der Waals surface area contributed by atoms with Crippen LogP contribution >= 0.6 is 0 Å². The molecule has 0 aliphatic carbocycles. The van der Waals surface area contributed by atoms with Gasteiger partial charge in [-0.05, 0) is 41.8 Å². The van der Waals surface area contributed by atoms with E-state index in [1.807, 2.05) is 24.4 Å². The molecule has 0 spiro atoms. The smallest absolute Gasteiger partial charge is 0.250 e. The Morgan fingerprint density at radius 2 is 2.00 bits per heavy atom. The maximum atomic E-state index is 13.2. The Hall–Kier alpha value is -2.95. The van der Waals surface area contributed by atoms with Gasteiger partial charge >= 0.3 is 0 Å². The first-order valence-corrected chi connectivity index (χ1v) is 7.69. The van der Waals surface area contributed by atoms with Crippen molar-refractivity contribution in [2.45, 2.75) is 13.0 Å². The Kier molecular flexibility index (Phi) is 4.70. The minimum absolute atomic E-state index is 0.0413. The third-order valence-corrected chi connectivity index (χ3v) is 3.74. The molecule has 0 aliphatic heterocycles. The van der Waals surface area contributed by atoms with Crippen LogP contribution in [0.5, 0.6) is 0 Å². The lowest BCUT2D eigenvalue weighted by molar-refractivity contribution is 0.626. The summed E-state index contributed by atoms with van der Waals surface area (Å²) in [5.41, 5.74) is 3.68. The van der Waals surface area contributed by atoms with Crippen LogP contribution in [0.25, 0.3) is 0 Å². The van der Waals surface area contributed by atoms with Gasteiger partial charge in [0.25, 0.3) is 0 Å². The van der Waals surface area contributed by atoms with Gasteiger partial charge in [0.15, 0.2) is 0 Å². The molecule has 0 amide bonds. The highest BCUT2D eigenvalue weighted by Gasteiger charge is 2.01. The maximum absolute atomic E-state index is 13.2. The van der Waals surface area contributed by atoms with Crippen LogP contribution in [0.1, 0.15) is 16.8 Å². The molecule has 122 valence electrons. The molecule has 2 heterocycles. The van der Waals surface area contributed by atoms with E-state index in [1.165, 1.54) is 22.8 Å². The lowest BCUT2D eigenvalue weighted by Crippen LogP contribution is -2.15. The molecule has 0 saturated heterocycles. The van der Waals surface area contributed by atoms with E-state index in [4.69, 9.17) is 0 Å². The van der Waals surface area contributed by atoms with Crippen molar-refractivity contribution in [2.24, 2.45) is 7.05 Å². The average molecular weight is 323 g/mol. The van der Waals surface area contributed by atoms with Crippen LogP contribution in [0.3, 0.4) is 0 Å². The first kappa shape index (κ1) is 15.9. The number of rotatable bonds is 5. The summed E-state index contributed by atoms with van der Waals surface area (Å²) in [6.45, 7) is 0.568. The first-order chi connectivity index (χ1) is 11.6. The molecule has 5 heteroatoms. The molecule has 0 bridgehead atoms. The topological polar surface area (TPSA) is 46.9 Å². The van der Waals surface area contributed by atoms with E-state index in [9.17, 15) is 9.18 Å². The van der Waals surface area contributed by atoms with Gasteiger partial charge in [-0.25, -0.2) is 4.39 Å². The van der Waals surface area contributed by atoms with Gasteiger partial charge in [0.1, 0.15) is 5.82 Å². The second-order valence-corrected chi connectivity index (χ2v) is 5.68. The highest BCUT2D eigenvalue weighted by atomic mass is 19.1. The van der Waals surface area contributed by atoms with Gasteiger partial charge in [0, 0.05) is 25.5 Å². The molecule has 3 rings (SSSR count). The normalized spacial score (nSPS) is 10.6. The van der Waals surface area contributed by atoms with Crippen LogP contribution in [0.15, 0.2) is 65.7 Å². The molecule has 0 unspecified atom stereocenters. The third kappa shape index (κ3) is 4.07. The SMILES string of the molecule is Cn1cc(NCc2ccc(Cc3cccc(F)c3)cn2)ccc1=O. The molecule has 2 aromatic heterocycles. The summed E-state index contributed by atoms with van der Waals surface area (Å²) in [7, 11) is 1.72. The van der Waals surface area contributed by atoms with Gasteiger partial charge < -0.3 is 9.88 Å². The van der Waals surface area contributed by atoms with Crippen molar-refractivity contribution in [2.75, 3.05) is 5.32 Å². The predicted octanol–water partition coefficient (Wildman–Crippen LogP) is 3.12. The zero-order valence-electron chi connectivity index (χ0n) is 13.4. The van der Waals surface area contributed by atoms with E-state index in [-0.39, 0.29) is 11.4 Å². The molecule has 1 aromatic carbocycles. The molecular formula is C19H18FN3O. The second-order valence-electron chi connectivity index (χ2n) is 5.68. The lowest BCUT2D eigenvalue weighted by Gasteiger charge is -2.08. The summed E-state index contributed by atoms with van der Waals surface area (Å²) in [5, 5.41) is 3.23.